The van der Waals surface area contributed by atoms with Gasteiger partial charge in [0.1, 0.15) is 11.2 Å². The number of hydrogen-bond donors (Lipinski definition) is 0. The topological polar surface area (TPSA) is 23.0 Å². The Morgan fingerprint density at radius 3 is 1.44 bits per heavy atom. The molecule has 63 heavy (non-hydrogen) atoms. The molecule has 294 valence electrons. The highest BCUT2D eigenvalue weighted by Gasteiger charge is 2.21. The SMILES string of the molecule is c1ccc(-c2ccc(-n3c4ccccc4c4c(-c5cccc6c5c5ccccc5n6-c5ccccc5)cccc43)cc2-c2ccc(-c3ccc4oc5ccccc5c4c3)cc2)cc1. The van der Waals surface area contributed by atoms with E-state index in [2.05, 4.69) is 228 Å². The maximum atomic E-state index is 6.15. The normalized spacial score (nSPS) is 11.8. The van der Waals surface area contributed by atoms with E-state index in [1.807, 2.05) is 12.1 Å². The van der Waals surface area contributed by atoms with Gasteiger partial charge in [-0.1, -0.05) is 164 Å². The van der Waals surface area contributed by atoms with Gasteiger partial charge in [-0.25, -0.2) is 0 Å². The Balaban J connectivity index is 0.994. The van der Waals surface area contributed by atoms with Crippen LogP contribution >= 0.6 is 0 Å². The first-order chi connectivity index (χ1) is 31.3. The van der Waals surface area contributed by atoms with Crippen LogP contribution in [-0.4, -0.2) is 9.13 Å². The van der Waals surface area contributed by atoms with Gasteiger partial charge >= 0.3 is 0 Å². The monoisotopic (exact) mass is 802 g/mol. The quantitative estimate of drug-likeness (QED) is 0.164. The lowest BCUT2D eigenvalue weighted by Crippen LogP contribution is -1.96. The molecule has 13 rings (SSSR count). The fourth-order valence-electron chi connectivity index (χ4n) is 10.1. The van der Waals surface area contributed by atoms with Crippen LogP contribution < -0.4 is 0 Å². The minimum atomic E-state index is 0.908. The largest absolute Gasteiger partial charge is 0.456 e. The molecule has 0 bridgehead atoms. The van der Waals surface area contributed by atoms with Gasteiger partial charge in [-0.15, -0.1) is 0 Å². The standard InChI is InChI=1S/C60H38N2O/c1-3-15-40(16-4-1)45-35-34-44(38-51(45)41-31-29-39(30-32-41)42-33-36-58-52(37-42)46-19-9-12-28-57(46)63-58)62-54-25-11-8-21-50(54)60-48(23-14-27-56(60)62)47-22-13-26-55-59(47)49-20-7-10-24-53(49)61(55)43-17-5-2-6-18-43/h1-38H. The number of rotatable bonds is 6. The third-order valence-electron chi connectivity index (χ3n) is 13.0. The summed E-state index contributed by atoms with van der Waals surface area (Å²) in [5, 5.41) is 7.26. The molecule has 0 atom stereocenters. The molecule has 10 aromatic carbocycles. The van der Waals surface area contributed by atoms with Gasteiger partial charge in [-0.05, 0) is 111 Å². The molecular weight excluding hydrogens is 765 g/mol. The zero-order valence-corrected chi connectivity index (χ0v) is 34.2. The Hall–Kier alpha value is -8.40. The summed E-state index contributed by atoms with van der Waals surface area (Å²) in [6, 6.07) is 83.5. The van der Waals surface area contributed by atoms with Crippen LogP contribution in [0.4, 0.5) is 0 Å². The lowest BCUT2D eigenvalue weighted by Gasteiger charge is -2.16. The second-order valence-corrected chi connectivity index (χ2v) is 16.4. The molecule has 3 nitrogen and oxygen atoms in total. The predicted molar refractivity (Wildman–Crippen MR) is 264 cm³/mol. The highest BCUT2D eigenvalue weighted by atomic mass is 16.3. The molecule has 3 aromatic heterocycles. The molecule has 0 aliphatic heterocycles. The second kappa shape index (κ2) is 14.1. The van der Waals surface area contributed by atoms with Crippen LogP contribution in [0.3, 0.4) is 0 Å². The van der Waals surface area contributed by atoms with E-state index in [0.29, 0.717) is 0 Å². The minimum Gasteiger partial charge on any atom is -0.456 e. The molecule has 0 unspecified atom stereocenters. The van der Waals surface area contributed by atoms with Gasteiger partial charge in [-0.2, -0.15) is 0 Å². The van der Waals surface area contributed by atoms with Crippen molar-refractivity contribution in [3.8, 4) is 55.9 Å². The fourth-order valence-corrected chi connectivity index (χ4v) is 10.1. The second-order valence-electron chi connectivity index (χ2n) is 16.4. The van der Waals surface area contributed by atoms with Gasteiger partial charge in [0.2, 0.25) is 0 Å². The van der Waals surface area contributed by atoms with Gasteiger partial charge in [0.05, 0.1) is 22.1 Å². The summed E-state index contributed by atoms with van der Waals surface area (Å²) in [5.74, 6) is 0. The van der Waals surface area contributed by atoms with Crippen molar-refractivity contribution < 1.29 is 4.42 Å². The molecule has 13 aromatic rings. The third-order valence-corrected chi connectivity index (χ3v) is 13.0. The number of hydrogen-bond acceptors (Lipinski definition) is 1. The maximum Gasteiger partial charge on any atom is 0.135 e. The van der Waals surface area contributed by atoms with Gasteiger partial charge in [0.25, 0.3) is 0 Å². The Kier molecular flexibility index (Phi) is 7.91. The van der Waals surface area contributed by atoms with Crippen LogP contribution in [0.5, 0.6) is 0 Å². The van der Waals surface area contributed by atoms with E-state index in [9.17, 15) is 0 Å². The van der Waals surface area contributed by atoms with Crippen molar-refractivity contribution >= 4 is 65.6 Å². The van der Waals surface area contributed by atoms with Gasteiger partial charge in [0.15, 0.2) is 0 Å². The Morgan fingerprint density at radius 2 is 0.762 bits per heavy atom. The Labute approximate surface area is 363 Å². The molecule has 0 saturated carbocycles. The number of benzene rings is 10. The summed E-state index contributed by atoms with van der Waals surface area (Å²) >= 11 is 0. The predicted octanol–water partition coefficient (Wildman–Crippen LogP) is 16.4. The molecule has 0 radical (unpaired) electrons. The van der Waals surface area contributed by atoms with Crippen LogP contribution in [0.2, 0.25) is 0 Å². The van der Waals surface area contributed by atoms with E-state index in [0.717, 1.165) is 38.9 Å². The maximum absolute atomic E-state index is 6.15. The average molecular weight is 803 g/mol. The summed E-state index contributed by atoms with van der Waals surface area (Å²) in [6.07, 6.45) is 0. The minimum absolute atomic E-state index is 0.908. The molecule has 0 amide bonds. The summed E-state index contributed by atoms with van der Waals surface area (Å²) in [7, 11) is 0. The first-order valence-corrected chi connectivity index (χ1v) is 21.6. The molecule has 3 heteroatoms. The molecule has 0 aliphatic rings. The van der Waals surface area contributed by atoms with E-state index in [4.69, 9.17) is 4.42 Å². The number of aromatic nitrogens is 2. The number of para-hydroxylation sites is 4. The van der Waals surface area contributed by atoms with E-state index in [-0.39, 0.29) is 0 Å². The van der Waals surface area contributed by atoms with E-state index in [1.165, 1.54) is 82.6 Å². The first-order valence-electron chi connectivity index (χ1n) is 21.6. The average Bonchev–Trinajstić information content (AvgIpc) is 4.02. The molecule has 0 saturated heterocycles. The van der Waals surface area contributed by atoms with Crippen LogP contribution in [0.15, 0.2) is 235 Å². The van der Waals surface area contributed by atoms with Crippen molar-refractivity contribution in [1.29, 1.82) is 0 Å². The number of fused-ring (bicyclic) bond motifs is 9. The van der Waals surface area contributed by atoms with Crippen molar-refractivity contribution in [2.45, 2.75) is 0 Å². The Bertz CT molecular complexity index is 3890. The molecule has 0 aliphatic carbocycles. The van der Waals surface area contributed by atoms with Crippen molar-refractivity contribution in [2.75, 3.05) is 0 Å². The van der Waals surface area contributed by atoms with Crippen molar-refractivity contribution in [2.24, 2.45) is 0 Å². The van der Waals surface area contributed by atoms with E-state index in [1.54, 1.807) is 0 Å². The lowest BCUT2D eigenvalue weighted by molar-refractivity contribution is 0.669. The Morgan fingerprint density at radius 1 is 0.254 bits per heavy atom. The van der Waals surface area contributed by atoms with Crippen molar-refractivity contribution in [1.82, 2.24) is 9.13 Å². The zero-order valence-electron chi connectivity index (χ0n) is 34.2. The molecule has 0 spiro atoms. The summed E-state index contributed by atoms with van der Waals surface area (Å²) in [4.78, 5) is 0. The highest BCUT2D eigenvalue weighted by Crippen LogP contribution is 2.45. The van der Waals surface area contributed by atoms with Crippen LogP contribution in [0, 0.1) is 0 Å². The molecule has 0 N–H and O–H groups in total. The smallest absolute Gasteiger partial charge is 0.135 e. The molecule has 0 fully saturated rings. The zero-order chi connectivity index (χ0) is 41.4. The fraction of sp³-hybridized carbons (Fsp3) is 0. The number of furan rings is 1. The van der Waals surface area contributed by atoms with Crippen molar-refractivity contribution in [3.05, 3.63) is 231 Å². The van der Waals surface area contributed by atoms with Crippen LogP contribution in [-0.2, 0) is 0 Å². The first kappa shape index (κ1) is 35.4. The van der Waals surface area contributed by atoms with Crippen molar-refractivity contribution in [3.63, 3.8) is 0 Å². The molecule has 3 heterocycles. The summed E-state index contributed by atoms with van der Waals surface area (Å²) in [6.45, 7) is 0. The molecular formula is C60H38N2O. The lowest BCUT2D eigenvalue weighted by atomic mass is 9.92. The summed E-state index contributed by atoms with van der Waals surface area (Å²) in [5.41, 5.74) is 18.4. The highest BCUT2D eigenvalue weighted by molar-refractivity contribution is 6.22. The number of nitrogens with zero attached hydrogens (tertiary/aromatic N) is 2. The van der Waals surface area contributed by atoms with E-state index >= 15 is 0 Å². The van der Waals surface area contributed by atoms with E-state index < -0.39 is 0 Å². The van der Waals surface area contributed by atoms with Gasteiger partial charge in [-0.3, -0.25) is 0 Å². The van der Waals surface area contributed by atoms with Gasteiger partial charge < -0.3 is 13.6 Å². The van der Waals surface area contributed by atoms with Crippen LogP contribution in [0.1, 0.15) is 0 Å². The third kappa shape index (κ3) is 5.53. The van der Waals surface area contributed by atoms with Gasteiger partial charge in [0, 0.05) is 43.7 Å². The summed E-state index contributed by atoms with van der Waals surface area (Å²) < 4.78 is 11.0. The van der Waals surface area contributed by atoms with Crippen LogP contribution in [0.25, 0.3) is 121 Å².